The van der Waals surface area contributed by atoms with Gasteiger partial charge in [0.2, 0.25) is 11.8 Å². The SMILES string of the molecule is CCNC(N)=NCCCCC(=O)Nc1cc(C(F)(F)F)cc(NC(=O)c2cc(C(=O)Nc3cc(C(F)(F)F)cc(NC(=O)CCCCN=C(N)N)c3OC3CCNCC3)ncn2)c1OC1CCNCC1. The minimum Gasteiger partial charge on any atom is -0.486 e. The maximum Gasteiger partial charge on any atom is 0.416 e. The van der Waals surface area contributed by atoms with E-state index in [9.17, 15) is 45.5 Å². The fourth-order valence-electron chi connectivity index (χ4n) is 7.21. The van der Waals surface area contributed by atoms with Crippen LogP contribution in [0.2, 0.25) is 0 Å². The highest BCUT2D eigenvalue weighted by Crippen LogP contribution is 2.44. The number of aromatic nitrogens is 2. The molecule has 0 aliphatic carbocycles. The van der Waals surface area contributed by atoms with Gasteiger partial charge in [0.05, 0.1) is 33.9 Å². The Morgan fingerprint density at radius 1 is 0.629 bits per heavy atom. The minimum absolute atomic E-state index is 0.0992. The quantitative estimate of drug-likeness (QED) is 0.0300. The van der Waals surface area contributed by atoms with E-state index < -0.39 is 82.1 Å². The van der Waals surface area contributed by atoms with Gasteiger partial charge in [-0.2, -0.15) is 26.3 Å². The number of ether oxygens (including phenoxy) is 2. The van der Waals surface area contributed by atoms with Crippen molar-refractivity contribution in [3.8, 4) is 11.5 Å². The summed E-state index contributed by atoms with van der Waals surface area (Å²) >= 11 is 0. The molecule has 2 saturated heterocycles. The van der Waals surface area contributed by atoms with Crippen molar-refractivity contribution in [3.63, 3.8) is 0 Å². The van der Waals surface area contributed by atoms with Crippen LogP contribution in [0.15, 0.2) is 46.6 Å². The van der Waals surface area contributed by atoms with E-state index in [0.29, 0.717) is 108 Å². The lowest BCUT2D eigenvalue weighted by molar-refractivity contribution is -0.138. The van der Waals surface area contributed by atoms with Crippen LogP contribution < -0.4 is 63.9 Å². The molecule has 5 rings (SSSR count). The average molecular weight is 993 g/mol. The number of guanidine groups is 2. The second-order valence-electron chi connectivity index (χ2n) is 16.2. The van der Waals surface area contributed by atoms with Crippen molar-refractivity contribution in [1.82, 2.24) is 25.9 Å². The monoisotopic (exact) mass is 992 g/mol. The summed E-state index contributed by atoms with van der Waals surface area (Å²) in [7, 11) is 0. The number of nitrogens with zero attached hydrogens (tertiary/aromatic N) is 4. The predicted molar refractivity (Wildman–Crippen MR) is 250 cm³/mol. The maximum absolute atomic E-state index is 14.4. The largest absolute Gasteiger partial charge is 0.486 e. The Hall–Kier alpha value is -6.96. The first-order chi connectivity index (χ1) is 33.3. The molecule has 2 fully saturated rings. The third-order valence-electron chi connectivity index (χ3n) is 10.7. The van der Waals surface area contributed by atoms with Gasteiger partial charge in [-0.1, -0.05) is 0 Å². The van der Waals surface area contributed by atoms with E-state index in [0.717, 1.165) is 12.4 Å². The number of nitrogens with two attached hydrogens (primary N) is 3. The number of anilines is 4. The van der Waals surface area contributed by atoms with Gasteiger partial charge in [-0.25, -0.2) is 9.97 Å². The molecule has 13 N–H and O–H groups in total. The number of benzene rings is 2. The van der Waals surface area contributed by atoms with Crippen LogP contribution in [0.1, 0.15) is 103 Å². The zero-order valence-corrected chi connectivity index (χ0v) is 38.4. The molecule has 2 aromatic carbocycles. The van der Waals surface area contributed by atoms with Crippen molar-refractivity contribution in [3.05, 3.63) is 59.2 Å². The lowest BCUT2D eigenvalue weighted by Gasteiger charge is -2.27. The molecule has 0 unspecified atom stereocenters. The zero-order valence-electron chi connectivity index (χ0n) is 38.4. The number of amides is 4. The first kappa shape index (κ1) is 54.0. The van der Waals surface area contributed by atoms with Crippen LogP contribution >= 0.6 is 0 Å². The van der Waals surface area contributed by atoms with Crippen LogP contribution in [0.5, 0.6) is 11.5 Å². The number of aliphatic imine (C=N–C) groups is 2. The lowest BCUT2D eigenvalue weighted by Crippen LogP contribution is -2.34. The van der Waals surface area contributed by atoms with Gasteiger partial charge in [0, 0.05) is 38.5 Å². The van der Waals surface area contributed by atoms with Gasteiger partial charge in [-0.3, -0.25) is 29.2 Å². The molecular formula is C44H58F6N14O6. The summed E-state index contributed by atoms with van der Waals surface area (Å²) in [6.07, 6.45) is -7.25. The van der Waals surface area contributed by atoms with E-state index in [2.05, 4.69) is 57.2 Å². The number of nitrogens with one attached hydrogen (secondary N) is 7. The van der Waals surface area contributed by atoms with Gasteiger partial charge in [0.25, 0.3) is 11.8 Å². The predicted octanol–water partition coefficient (Wildman–Crippen LogP) is 4.70. The normalized spacial score (nSPS) is 14.8. The Morgan fingerprint density at radius 2 is 1.03 bits per heavy atom. The molecule has 0 atom stereocenters. The van der Waals surface area contributed by atoms with E-state index in [1.54, 1.807) is 0 Å². The van der Waals surface area contributed by atoms with E-state index in [4.69, 9.17) is 26.7 Å². The Bertz CT molecular complexity index is 2350. The van der Waals surface area contributed by atoms with Gasteiger partial charge >= 0.3 is 12.4 Å². The Labute approximate surface area is 399 Å². The summed E-state index contributed by atoms with van der Waals surface area (Å²) in [5, 5.41) is 18.9. The molecule has 382 valence electrons. The molecule has 2 aliphatic heterocycles. The second kappa shape index (κ2) is 25.6. The van der Waals surface area contributed by atoms with Crippen molar-refractivity contribution in [2.45, 2.75) is 95.7 Å². The van der Waals surface area contributed by atoms with Crippen molar-refractivity contribution < 1.29 is 55.0 Å². The van der Waals surface area contributed by atoms with Gasteiger partial charge in [-0.15, -0.1) is 0 Å². The fraction of sp³-hybridized carbons (Fsp3) is 0.500. The number of halogens is 6. The van der Waals surface area contributed by atoms with Gasteiger partial charge in [0.15, 0.2) is 23.4 Å². The van der Waals surface area contributed by atoms with E-state index in [1.807, 2.05) is 6.92 Å². The van der Waals surface area contributed by atoms with Crippen LogP contribution in [0.3, 0.4) is 0 Å². The highest BCUT2D eigenvalue weighted by molar-refractivity contribution is 6.09. The number of hydrogen-bond acceptors (Lipinski definition) is 12. The molecule has 0 spiro atoms. The zero-order chi connectivity index (χ0) is 50.8. The number of piperidine rings is 2. The van der Waals surface area contributed by atoms with Crippen LogP contribution in [0.4, 0.5) is 49.1 Å². The summed E-state index contributed by atoms with van der Waals surface area (Å²) in [6, 6.07) is 3.51. The first-order valence-electron chi connectivity index (χ1n) is 22.7. The summed E-state index contributed by atoms with van der Waals surface area (Å²) < 4.78 is 98.8. The maximum atomic E-state index is 14.4. The fourth-order valence-corrected chi connectivity index (χ4v) is 7.21. The third-order valence-corrected chi connectivity index (χ3v) is 10.7. The summed E-state index contributed by atoms with van der Waals surface area (Å²) in [4.78, 5) is 69.8. The number of rotatable bonds is 21. The van der Waals surface area contributed by atoms with Crippen molar-refractivity contribution >= 4 is 58.3 Å². The molecule has 0 radical (unpaired) electrons. The molecule has 20 nitrogen and oxygen atoms in total. The number of unbranched alkanes of at least 4 members (excludes halogenated alkanes) is 2. The topological polar surface area (TPSA) is 300 Å². The standard InChI is InChI=1S/C44H58F6N14O6/c1-2-56-42(53)58-14-6-4-8-36(66)62-30-20-26(44(48,49)50)22-32(38(30)70-28-11-17-55-18-12-28)64-40(68)34-23-33(59-24-60-34)39(67)63-31-21-25(43(45,46)47)19-29(37(31)69-27-9-15-54-16-10-27)61-35(65)7-3-5-13-57-41(51)52/h19-24,27-28,54-55H,2-18H2,1H3,(H,61,65)(H,62,66)(H,63,67)(H,64,68)(H4,51,52,57)(H3,53,56,58). The minimum atomic E-state index is -4.97. The highest BCUT2D eigenvalue weighted by atomic mass is 19.4. The molecule has 26 heteroatoms. The van der Waals surface area contributed by atoms with Crippen LogP contribution in [-0.4, -0.2) is 104 Å². The molecule has 0 bridgehead atoms. The summed E-state index contributed by atoms with van der Waals surface area (Å²) in [5.74, 6) is -4.04. The van der Waals surface area contributed by atoms with Crippen LogP contribution in [-0.2, 0) is 21.9 Å². The van der Waals surface area contributed by atoms with Gasteiger partial charge in [0.1, 0.15) is 29.9 Å². The second-order valence-corrected chi connectivity index (χ2v) is 16.2. The van der Waals surface area contributed by atoms with E-state index in [-0.39, 0.29) is 60.6 Å². The molecule has 3 aromatic rings. The molecule has 1 aromatic heterocycles. The molecule has 70 heavy (non-hydrogen) atoms. The lowest BCUT2D eigenvalue weighted by atomic mass is 10.1. The smallest absolute Gasteiger partial charge is 0.416 e. The molecule has 0 saturated carbocycles. The summed E-state index contributed by atoms with van der Waals surface area (Å²) in [6.45, 7) is 5.00. The third kappa shape index (κ3) is 16.9. The van der Waals surface area contributed by atoms with E-state index in [1.165, 1.54) is 0 Å². The number of alkyl halides is 6. The highest BCUT2D eigenvalue weighted by Gasteiger charge is 2.36. The van der Waals surface area contributed by atoms with Gasteiger partial charge < -0.3 is 63.9 Å². The number of hydrogen-bond donors (Lipinski definition) is 10. The van der Waals surface area contributed by atoms with Crippen molar-refractivity contribution in [1.29, 1.82) is 0 Å². The first-order valence-corrected chi connectivity index (χ1v) is 22.7. The molecule has 4 amide bonds. The van der Waals surface area contributed by atoms with E-state index >= 15 is 0 Å². The Balaban J connectivity index is 1.43. The Morgan fingerprint density at radius 3 is 1.41 bits per heavy atom. The Kier molecular flexibility index (Phi) is 19.7. The molecular weight excluding hydrogens is 935 g/mol. The van der Waals surface area contributed by atoms with Crippen molar-refractivity contribution in [2.75, 3.05) is 67.1 Å². The van der Waals surface area contributed by atoms with Gasteiger partial charge in [-0.05, 0) is 109 Å². The van der Waals surface area contributed by atoms with Crippen LogP contribution in [0.25, 0.3) is 0 Å². The number of carbonyl (C=O) groups excluding carboxylic acids is 4. The summed E-state index contributed by atoms with van der Waals surface area (Å²) in [5.41, 5.74) is 11.1. The number of carbonyl (C=O) groups is 4. The average Bonchev–Trinajstić information content (AvgIpc) is 3.30. The van der Waals surface area contributed by atoms with Crippen LogP contribution in [0, 0.1) is 0 Å². The van der Waals surface area contributed by atoms with Crippen molar-refractivity contribution in [2.24, 2.45) is 27.2 Å². The molecule has 3 heterocycles. The molecule has 2 aliphatic rings.